The van der Waals surface area contributed by atoms with Crippen LogP contribution in [-0.4, -0.2) is 32.3 Å². The molecule has 158 valence electrons. The molecule has 0 fully saturated rings. The first kappa shape index (κ1) is 20.3. The molecule has 0 aliphatic heterocycles. The Balaban J connectivity index is 1.36. The molecule has 2 aromatic carbocycles. The van der Waals surface area contributed by atoms with Crippen molar-refractivity contribution in [2.24, 2.45) is 4.99 Å². The van der Waals surface area contributed by atoms with Crippen molar-refractivity contribution in [2.45, 2.75) is 26.9 Å². The van der Waals surface area contributed by atoms with Crippen LogP contribution in [0.5, 0.6) is 0 Å². The summed E-state index contributed by atoms with van der Waals surface area (Å²) < 4.78 is 7.35. The smallest absolute Gasteiger partial charge is 0.226 e. The molecule has 4 rings (SSSR count). The van der Waals surface area contributed by atoms with E-state index in [2.05, 4.69) is 37.6 Å². The third-order valence-electron chi connectivity index (χ3n) is 4.67. The second-order valence-corrected chi connectivity index (χ2v) is 7.07. The van der Waals surface area contributed by atoms with Gasteiger partial charge in [-0.3, -0.25) is 0 Å². The van der Waals surface area contributed by atoms with Crippen molar-refractivity contribution in [3.05, 3.63) is 84.3 Å². The Hall–Kier alpha value is -3.94. The first-order valence-corrected chi connectivity index (χ1v) is 10.2. The number of benzene rings is 2. The molecule has 0 amide bonds. The first-order chi connectivity index (χ1) is 15.2. The van der Waals surface area contributed by atoms with Crippen LogP contribution in [-0.2, 0) is 13.1 Å². The highest BCUT2D eigenvalue weighted by Crippen LogP contribution is 2.19. The number of hydrogen-bond acceptors (Lipinski definition) is 5. The van der Waals surface area contributed by atoms with Crippen molar-refractivity contribution in [3.63, 3.8) is 0 Å². The predicted molar refractivity (Wildman–Crippen MR) is 120 cm³/mol. The van der Waals surface area contributed by atoms with Crippen LogP contribution in [0, 0.1) is 6.92 Å². The zero-order chi connectivity index (χ0) is 21.5. The second kappa shape index (κ2) is 9.71. The van der Waals surface area contributed by atoms with E-state index < -0.39 is 0 Å². The van der Waals surface area contributed by atoms with Gasteiger partial charge in [-0.2, -0.15) is 5.10 Å². The minimum Gasteiger partial charge on any atom is -0.444 e. The predicted octanol–water partition coefficient (Wildman–Crippen LogP) is 3.49. The zero-order valence-corrected chi connectivity index (χ0v) is 17.6. The highest BCUT2D eigenvalue weighted by atomic mass is 16.3. The van der Waals surface area contributed by atoms with Crippen LogP contribution in [0.25, 0.3) is 17.1 Å². The van der Waals surface area contributed by atoms with Crippen molar-refractivity contribution >= 4 is 5.96 Å². The molecule has 8 nitrogen and oxygen atoms in total. The molecular weight excluding hydrogens is 390 g/mol. The van der Waals surface area contributed by atoms with Crippen LogP contribution in [0.15, 0.2) is 76.9 Å². The van der Waals surface area contributed by atoms with Crippen LogP contribution in [0.2, 0.25) is 0 Å². The van der Waals surface area contributed by atoms with E-state index in [-0.39, 0.29) is 0 Å². The van der Waals surface area contributed by atoms with Gasteiger partial charge < -0.3 is 15.1 Å². The molecule has 0 bridgehead atoms. The molecule has 0 saturated heterocycles. The van der Waals surface area contributed by atoms with Gasteiger partial charge in [-0.15, -0.1) is 0 Å². The Kier molecular flexibility index (Phi) is 6.37. The summed E-state index contributed by atoms with van der Waals surface area (Å²) in [6.45, 7) is 5.94. The number of rotatable bonds is 7. The highest BCUT2D eigenvalue weighted by molar-refractivity contribution is 5.79. The van der Waals surface area contributed by atoms with E-state index in [1.807, 2.05) is 55.5 Å². The number of guanidine groups is 1. The SMILES string of the molecule is CCNC(=NCc1ccc(-n2cncn2)cc1)NCc1coc(-c2ccc(C)cc2)n1. The lowest BCUT2D eigenvalue weighted by molar-refractivity contribution is 0.572. The molecule has 2 aromatic heterocycles. The normalized spacial score (nSPS) is 11.5. The molecule has 0 spiro atoms. The number of aryl methyl sites for hydroxylation is 1. The van der Waals surface area contributed by atoms with E-state index in [1.165, 1.54) is 11.9 Å². The first-order valence-electron chi connectivity index (χ1n) is 10.2. The van der Waals surface area contributed by atoms with Gasteiger partial charge in [0.1, 0.15) is 18.9 Å². The Morgan fingerprint density at radius 3 is 2.58 bits per heavy atom. The lowest BCUT2D eigenvalue weighted by Crippen LogP contribution is -2.36. The summed E-state index contributed by atoms with van der Waals surface area (Å²) in [6.07, 6.45) is 4.87. The standard InChI is InChI=1S/C23H25N7O/c1-3-25-23(26-12-18-6-10-21(11-7-18)30-16-24-15-28-30)27-13-20-14-31-22(29-20)19-8-4-17(2)5-9-19/h4-11,14-16H,3,12-13H2,1-2H3,(H2,25,26,27). The van der Waals surface area contributed by atoms with E-state index >= 15 is 0 Å². The van der Waals surface area contributed by atoms with Gasteiger partial charge in [-0.1, -0.05) is 29.8 Å². The molecular formula is C23H25N7O. The van der Waals surface area contributed by atoms with Gasteiger partial charge in [0.2, 0.25) is 5.89 Å². The van der Waals surface area contributed by atoms with Crippen LogP contribution >= 0.6 is 0 Å². The Bertz CT molecular complexity index is 1110. The Morgan fingerprint density at radius 2 is 1.87 bits per heavy atom. The summed E-state index contributed by atoms with van der Waals surface area (Å²) in [4.78, 5) is 13.2. The Morgan fingerprint density at radius 1 is 1.06 bits per heavy atom. The molecule has 4 aromatic rings. The molecule has 0 atom stereocenters. The Labute approximate surface area is 181 Å². The number of aliphatic imine (C=N–C) groups is 1. The fraction of sp³-hybridized carbons (Fsp3) is 0.217. The highest BCUT2D eigenvalue weighted by Gasteiger charge is 2.07. The van der Waals surface area contributed by atoms with Gasteiger partial charge in [-0.05, 0) is 43.7 Å². The van der Waals surface area contributed by atoms with Crippen LogP contribution < -0.4 is 10.6 Å². The minimum absolute atomic E-state index is 0.520. The van der Waals surface area contributed by atoms with Gasteiger partial charge in [0, 0.05) is 12.1 Å². The largest absolute Gasteiger partial charge is 0.444 e. The molecule has 8 heteroatoms. The van der Waals surface area contributed by atoms with E-state index in [0.29, 0.717) is 19.0 Å². The van der Waals surface area contributed by atoms with Crippen molar-refractivity contribution in [1.82, 2.24) is 30.4 Å². The van der Waals surface area contributed by atoms with Gasteiger partial charge >= 0.3 is 0 Å². The number of oxazole rings is 1. The van der Waals surface area contributed by atoms with Crippen molar-refractivity contribution in [1.29, 1.82) is 0 Å². The maximum Gasteiger partial charge on any atom is 0.226 e. The number of nitrogens with one attached hydrogen (secondary N) is 2. The van der Waals surface area contributed by atoms with E-state index in [9.17, 15) is 0 Å². The van der Waals surface area contributed by atoms with E-state index in [1.54, 1.807) is 17.3 Å². The van der Waals surface area contributed by atoms with Crippen LogP contribution in [0.3, 0.4) is 0 Å². The molecule has 31 heavy (non-hydrogen) atoms. The molecule has 0 aliphatic carbocycles. The molecule has 0 radical (unpaired) electrons. The molecule has 0 unspecified atom stereocenters. The third-order valence-corrected chi connectivity index (χ3v) is 4.67. The summed E-state index contributed by atoms with van der Waals surface area (Å²) >= 11 is 0. The molecule has 0 saturated carbocycles. The summed E-state index contributed by atoms with van der Waals surface area (Å²) in [6, 6.07) is 16.2. The number of nitrogens with zero attached hydrogens (tertiary/aromatic N) is 5. The molecule has 0 aliphatic rings. The van der Waals surface area contributed by atoms with Crippen LogP contribution in [0.1, 0.15) is 23.7 Å². The van der Waals surface area contributed by atoms with Gasteiger partial charge in [0.25, 0.3) is 0 Å². The second-order valence-electron chi connectivity index (χ2n) is 7.07. The zero-order valence-electron chi connectivity index (χ0n) is 17.6. The minimum atomic E-state index is 0.520. The fourth-order valence-electron chi connectivity index (χ4n) is 3.00. The number of hydrogen-bond donors (Lipinski definition) is 2. The van der Waals surface area contributed by atoms with Crippen LogP contribution in [0.4, 0.5) is 0 Å². The molecule has 2 N–H and O–H groups in total. The monoisotopic (exact) mass is 415 g/mol. The summed E-state index contributed by atoms with van der Waals surface area (Å²) in [7, 11) is 0. The van der Waals surface area contributed by atoms with E-state index in [4.69, 9.17) is 4.42 Å². The summed E-state index contributed by atoms with van der Waals surface area (Å²) in [5.74, 6) is 1.34. The average Bonchev–Trinajstić information content (AvgIpc) is 3.49. The summed E-state index contributed by atoms with van der Waals surface area (Å²) in [5, 5.41) is 10.7. The maximum absolute atomic E-state index is 5.63. The van der Waals surface area contributed by atoms with Gasteiger partial charge in [0.15, 0.2) is 5.96 Å². The lowest BCUT2D eigenvalue weighted by Gasteiger charge is -2.10. The quantitative estimate of drug-likeness (QED) is 0.355. The van der Waals surface area contributed by atoms with Crippen molar-refractivity contribution in [2.75, 3.05) is 6.54 Å². The summed E-state index contributed by atoms with van der Waals surface area (Å²) in [5.41, 5.74) is 5.05. The van der Waals surface area contributed by atoms with Crippen molar-refractivity contribution in [3.8, 4) is 17.1 Å². The fourth-order valence-corrected chi connectivity index (χ4v) is 3.00. The van der Waals surface area contributed by atoms with Gasteiger partial charge in [0.05, 0.1) is 24.5 Å². The molecule has 2 heterocycles. The number of aromatic nitrogens is 4. The third kappa shape index (κ3) is 5.36. The van der Waals surface area contributed by atoms with Crippen molar-refractivity contribution < 1.29 is 4.42 Å². The average molecular weight is 416 g/mol. The van der Waals surface area contributed by atoms with E-state index in [0.717, 1.165) is 35.0 Å². The maximum atomic E-state index is 5.63. The topological polar surface area (TPSA) is 93.2 Å². The lowest BCUT2D eigenvalue weighted by atomic mass is 10.1. The van der Waals surface area contributed by atoms with Gasteiger partial charge in [-0.25, -0.2) is 19.6 Å².